The first-order valence-electron chi connectivity index (χ1n) is 4.52. The molecular weight excluding hydrogens is 178 g/mol. The Morgan fingerprint density at radius 2 is 2.00 bits per heavy atom. The standard InChI is InChI=1S/C11H15NO2/c1-8(13)11(12)7-9-3-5-10(14-2)6-4-9/h3-6,11H,7,12H2,1-2H3. The summed E-state index contributed by atoms with van der Waals surface area (Å²) in [5.74, 6) is 0.825. The molecule has 0 amide bonds. The number of methoxy groups -OCH3 is 1. The fraction of sp³-hybridized carbons (Fsp3) is 0.364. The molecule has 0 spiro atoms. The third-order valence-corrected chi connectivity index (χ3v) is 2.14. The Labute approximate surface area is 83.9 Å². The van der Waals surface area contributed by atoms with Crippen LogP contribution in [0.4, 0.5) is 0 Å². The molecule has 0 aliphatic rings. The lowest BCUT2D eigenvalue weighted by Gasteiger charge is -2.07. The summed E-state index contributed by atoms with van der Waals surface area (Å²) in [6.45, 7) is 1.51. The van der Waals surface area contributed by atoms with E-state index in [0.29, 0.717) is 6.42 Å². The van der Waals surface area contributed by atoms with Crippen molar-refractivity contribution < 1.29 is 9.53 Å². The van der Waals surface area contributed by atoms with E-state index in [-0.39, 0.29) is 5.78 Å². The van der Waals surface area contributed by atoms with Crippen molar-refractivity contribution in [1.82, 2.24) is 0 Å². The van der Waals surface area contributed by atoms with E-state index in [4.69, 9.17) is 10.5 Å². The van der Waals surface area contributed by atoms with Crippen molar-refractivity contribution in [3.63, 3.8) is 0 Å². The van der Waals surface area contributed by atoms with E-state index in [0.717, 1.165) is 11.3 Å². The van der Waals surface area contributed by atoms with Crippen LogP contribution in [-0.2, 0) is 11.2 Å². The normalized spacial score (nSPS) is 12.2. The van der Waals surface area contributed by atoms with Crippen molar-refractivity contribution in [2.75, 3.05) is 7.11 Å². The molecule has 0 saturated carbocycles. The molecule has 1 aromatic carbocycles. The highest BCUT2D eigenvalue weighted by Crippen LogP contribution is 2.12. The summed E-state index contributed by atoms with van der Waals surface area (Å²) in [5.41, 5.74) is 6.69. The molecule has 1 aromatic rings. The highest BCUT2D eigenvalue weighted by molar-refractivity contribution is 5.81. The molecule has 1 rings (SSSR count). The molecule has 14 heavy (non-hydrogen) atoms. The summed E-state index contributed by atoms with van der Waals surface area (Å²) in [6, 6.07) is 7.16. The minimum absolute atomic E-state index is 0.0146. The van der Waals surface area contributed by atoms with Gasteiger partial charge < -0.3 is 10.5 Å². The van der Waals surface area contributed by atoms with Gasteiger partial charge in [-0.25, -0.2) is 0 Å². The van der Waals surface area contributed by atoms with E-state index in [9.17, 15) is 4.79 Å². The summed E-state index contributed by atoms with van der Waals surface area (Å²) in [4.78, 5) is 10.9. The maximum Gasteiger partial charge on any atom is 0.146 e. The Bertz CT molecular complexity index is 306. The molecule has 1 unspecified atom stereocenters. The Balaban J connectivity index is 2.64. The first-order valence-corrected chi connectivity index (χ1v) is 4.52. The number of rotatable bonds is 4. The van der Waals surface area contributed by atoms with Gasteiger partial charge in [0.1, 0.15) is 11.5 Å². The van der Waals surface area contributed by atoms with E-state index in [2.05, 4.69) is 0 Å². The Kier molecular flexibility index (Phi) is 3.65. The summed E-state index contributed by atoms with van der Waals surface area (Å²) in [6.07, 6.45) is 0.583. The summed E-state index contributed by atoms with van der Waals surface area (Å²) < 4.78 is 5.02. The molecule has 0 heterocycles. The second-order valence-corrected chi connectivity index (χ2v) is 3.27. The van der Waals surface area contributed by atoms with Gasteiger partial charge in [0.05, 0.1) is 13.2 Å². The largest absolute Gasteiger partial charge is 0.497 e. The van der Waals surface area contributed by atoms with Gasteiger partial charge in [-0.15, -0.1) is 0 Å². The number of hydrogen-bond acceptors (Lipinski definition) is 3. The van der Waals surface area contributed by atoms with Crippen LogP contribution >= 0.6 is 0 Å². The highest BCUT2D eigenvalue weighted by Gasteiger charge is 2.08. The Hall–Kier alpha value is -1.35. The van der Waals surface area contributed by atoms with E-state index >= 15 is 0 Å². The quantitative estimate of drug-likeness (QED) is 0.780. The molecule has 76 valence electrons. The van der Waals surface area contributed by atoms with Gasteiger partial charge in [-0.2, -0.15) is 0 Å². The van der Waals surface area contributed by atoms with Gasteiger partial charge in [0.2, 0.25) is 0 Å². The van der Waals surface area contributed by atoms with Gasteiger partial charge >= 0.3 is 0 Å². The predicted octanol–water partition coefficient (Wildman–Crippen LogP) is 1.15. The van der Waals surface area contributed by atoms with Gasteiger partial charge in [-0.1, -0.05) is 12.1 Å². The summed E-state index contributed by atoms with van der Waals surface area (Å²) >= 11 is 0. The first-order chi connectivity index (χ1) is 6.63. The molecular formula is C11H15NO2. The average molecular weight is 193 g/mol. The molecule has 0 aromatic heterocycles. The van der Waals surface area contributed by atoms with Crippen molar-refractivity contribution in [1.29, 1.82) is 0 Å². The van der Waals surface area contributed by atoms with Crippen LogP contribution in [0.25, 0.3) is 0 Å². The number of ketones is 1. The zero-order chi connectivity index (χ0) is 10.6. The fourth-order valence-corrected chi connectivity index (χ4v) is 1.16. The lowest BCUT2D eigenvalue weighted by Crippen LogP contribution is -2.30. The second kappa shape index (κ2) is 4.77. The number of Topliss-reactive ketones (excluding diaryl/α,β-unsaturated/α-hetero) is 1. The van der Waals surface area contributed by atoms with Crippen LogP contribution in [0.2, 0.25) is 0 Å². The fourth-order valence-electron chi connectivity index (χ4n) is 1.16. The monoisotopic (exact) mass is 193 g/mol. The average Bonchev–Trinajstić information content (AvgIpc) is 2.19. The van der Waals surface area contributed by atoms with E-state index < -0.39 is 6.04 Å². The maximum atomic E-state index is 10.9. The second-order valence-electron chi connectivity index (χ2n) is 3.27. The molecule has 3 nitrogen and oxygen atoms in total. The highest BCUT2D eigenvalue weighted by atomic mass is 16.5. The van der Waals surface area contributed by atoms with Crippen molar-refractivity contribution in [2.24, 2.45) is 5.73 Å². The molecule has 0 fully saturated rings. The van der Waals surface area contributed by atoms with Crippen molar-refractivity contribution in [3.8, 4) is 5.75 Å². The third-order valence-electron chi connectivity index (χ3n) is 2.14. The number of carbonyl (C=O) groups is 1. The van der Waals surface area contributed by atoms with Gasteiger partial charge in [0, 0.05) is 0 Å². The number of carbonyl (C=O) groups excluding carboxylic acids is 1. The van der Waals surface area contributed by atoms with Crippen molar-refractivity contribution in [2.45, 2.75) is 19.4 Å². The van der Waals surface area contributed by atoms with Gasteiger partial charge in [0.15, 0.2) is 0 Å². The molecule has 0 aliphatic carbocycles. The number of benzene rings is 1. The Morgan fingerprint density at radius 3 is 2.43 bits per heavy atom. The van der Waals surface area contributed by atoms with Gasteiger partial charge in [-0.05, 0) is 31.0 Å². The summed E-state index contributed by atoms with van der Waals surface area (Å²) in [7, 11) is 1.62. The number of nitrogens with two attached hydrogens (primary N) is 1. The first kappa shape index (κ1) is 10.7. The molecule has 1 atom stereocenters. The van der Waals surface area contributed by atoms with Crippen LogP contribution in [0.1, 0.15) is 12.5 Å². The lowest BCUT2D eigenvalue weighted by molar-refractivity contribution is -0.118. The van der Waals surface area contributed by atoms with Gasteiger partial charge in [0.25, 0.3) is 0 Å². The topological polar surface area (TPSA) is 52.3 Å². The van der Waals surface area contributed by atoms with E-state index in [1.165, 1.54) is 6.92 Å². The SMILES string of the molecule is COc1ccc(CC(N)C(C)=O)cc1. The van der Waals surface area contributed by atoms with Crippen LogP contribution in [0.3, 0.4) is 0 Å². The van der Waals surface area contributed by atoms with Crippen LogP contribution in [0.5, 0.6) is 5.75 Å². The molecule has 2 N–H and O–H groups in total. The molecule has 0 aliphatic heterocycles. The lowest BCUT2D eigenvalue weighted by atomic mass is 10.0. The minimum atomic E-state index is -0.400. The van der Waals surface area contributed by atoms with Crippen LogP contribution in [-0.4, -0.2) is 18.9 Å². The predicted molar refractivity (Wildman–Crippen MR) is 55.4 cm³/mol. The summed E-state index contributed by atoms with van der Waals surface area (Å²) in [5, 5.41) is 0. The molecule has 3 heteroatoms. The molecule has 0 saturated heterocycles. The molecule has 0 radical (unpaired) electrons. The number of ether oxygens (including phenoxy) is 1. The third kappa shape index (κ3) is 2.85. The van der Waals surface area contributed by atoms with Gasteiger partial charge in [-0.3, -0.25) is 4.79 Å². The van der Waals surface area contributed by atoms with E-state index in [1.54, 1.807) is 7.11 Å². The zero-order valence-electron chi connectivity index (χ0n) is 8.49. The van der Waals surface area contributed by atoms with Crippen LogP contribution in [0, 0.1) is 0 Å². The van der Waals surface area contributed by atoms with Crippen LogP contribution in [0.15, 0.2) is 24.3 Å². The Morgan fingerprint density at radius 1 is 1.43 bits per heavy atom. The zero-order valence-corrected chi connectivity index (χ0v) is 8.49. The minimum Gasteiger partial charge on any atom is -0.497 e. The maximum absolute atomic E-state index is 10.9. The molecule has 0 bridgehead atoms. The van der Waals surface area contributed by atoms with Crippen LogP contribution < -0.4 is 10.5 Å². The number of hydrogen-bond donors (Lipinski definition) is 1. The van der Waals surface area contributed by atoms with Crippen molar-refractivity contribution >= 4 is 5.78 Å². The smallest absolute Gasteiger partial charge is 0.146 e. The van der Waals surface area contributed by atoms with E-state index in [1.807, 2.05) is 24.3 Å². The van der Waals surface area contributed by atoms with Crippen molar-refractivity contribution in [3.05, 3.63) is 29.8 Å².